The highest BCUT2D eigenvalue weighted by Gasteiger charge is 2.66. The maximum Gasteiger partial charge on any atom is 0.0818 e. The Balaban J connectivity index is 1.44. The monoisotopic (exact) mass is 416 g/mol. The van der Waals surface area contributed by atoms with Crippen LogP contribution in [0.1, 0.15) is 70.3 Å². The van der Waals surface area contributed by atoms with E-state index in [1.54, 1.807) is 0 Å². The van der Waals surface area contributed by atoms with Crippen LogP contribution in [0.2, 0.25) is 0 Å². The molecule has 2 unspecified atom stereocenters. The summed E-state index contributed by atoms with van der Waals surface area (Å²) in [4.78, 5) is 1.06. The molecule has 0 radical (unpaired) electrons. The summed E-state index contributed by atoms with van der Waals surface area (Å²) in [5.41, 5.74) is 8.00. The van der Waals surface area contributed by atoms with Crippen LogP contribution in [0.5, 0.6) is 0 Å². The largest absolute Gasteiger partial charge is 0.376 e. The molecule has 152 valence electrons. The molecule has 2 nitrogen and oxygen atoms in total. The Morgan fingerprint density at radius 1 is 1.04 bits per heavy atom. The predicted octanol–water partition coefficient (Wildman–Crippen LogP) is 5.32. The van der Waals surface area contributed by atoms with Crippen LogP contribution >= 0.6 is 23.8 Å². The average Bonchev–Trinajstić information content (AvgIpc) is 2.68. The molecule has 0 saturated heterocycles. The molecule has 0 amide bonds. The van der Waals surface area contributed by atoms with Crippen molar-refractivity contribution in [2.45, 2.75) is 87.1 Å². The zero-order chi connectivity index (χ0) is 19.6. The maximum absolute atomic E-state index is 7.17. The normalized spacial score (nSPS) is 47.1. The number of hydrogen-bond acceptors (Lipinski definition) is 2. The molecule has 1 aromatic carbocycles. The van der Waals surface area contributed by atoms with E-state index in [0.717, 1.165) is 43.5 Å². The summed E-state index contributed by atoms with van der Waals surface area (Å²) in [7, 11) is 0. The average molecular weight is 417 g/mol. The van der Waals surface area contributed by atoms with Gasteiger partial charge in [-0.3, -0.25) is 0 Å². The summed E-state index contributed by atoms with van der Waals surface area (Å²) in [6.45, 7) is 2.30. The minimum absolute atomic E-state index is 0.0740. The SMILES string of the molecule is CC1(Cl)C2CC3(C(=S)NC4CCC(N)CC4)CC1CC(c1ccccc1)(C2)C3. The van der Waals surface area contributed by atoms with Crippen LogP contribution in [0.4, 0.5) is 0 Å². The second kappa shape index (κ2) is 6.68. The Morgan fingerprint density at radius 2 is 1.64 bits per heavy atom. The van der Waals surface area contributed by atoms with Crippen molar-refractivity contribution >= 4 is 28.8 Å². The van der Waals surface area contributed by atoms with E-state index < -0.39 is 0 Å². The van der Waals surface area contributed by atoms with Crippen molar-refractivity contribution in [3.8, 4) is 0 Å². The first-order valence-electron chi connectivity index (χ1n) is 11.1. The molecule has 0 spiro atoms. The molecule has 2 atom stereocenters. The van der Waals surface area contributed by atoms with Gasteiger partial charge in [0.15, 0.2) is 0 Å². The van der Waals surface area contributed by atoms with Gasteiger partial charge in [0, 0.05) is 22.4 Å². The Bertz CT molecular complexity index is 735. The third kappa shape index (κ3) is 2.96. The summed E-state index contributed by atoms with van der Waals surface area (Å²) < 4.78 is 0. The third-order valence-corrected chi connectivity index (χ3v) is 9.96. The van der Waals surface area contributed by atoms with Crippen molar-refractivity contribution in [1.82, 2.24) is 5.32 Å². The second-order valence-corrected chi connectivity index (χ2v) is 11.8. The molecule has 28 heavy (non-hydrogen) atoms. The number of halogens is 1. The number of rotatable bonds is 3. The van der Waals surface area contributed by atoms with E-state index in [0.29, 0.717) is 23.9 Å². The van der Waals surface area contributed by atoms with Gasteiger partial charge in [-0.05, 0) is 87.5 Å². The van der Waals surface area contributed by atoms with Gasteiger partial charge in [-0.1, -0.05) is 42.5 Å². The van der Waals surface area contributed by atoms with E-state index in [1.165, 1.54) is 24.8 Å². The van der Waals surface area contributed by atoms with E-state index in [1.807, 2.05) is 0 Å². The van der Waals surface area contributed by atoms with Crippen molar-refractivity contribution < 1.29 is 0 Å². The van der Waals surface area contributed by atoms with Crippen molar-refractivity contribution in [1.29, 1.82) is 0 Å². The maximum atomic E-state index is 7.17. The van der Waals surface area contributed by atoms with E-state index in [2.05, 4.69) is 42.6 Å². The molecule has 6 rings (SSSR count). The zero-order valence-electron chi connectivity index (χ0n) is 16.9. The molecule has 4 heteroatoms. The van der Waals surface area contributed by atoms with E-state index in [-0.39, 0.29) is 15.7 Å². The van der Waals surface area contributed by atoms with Gasteiger partial charge in [-0.2, -0.15) is 0 Å². The minimum Gasteiger partial charge on any atom is -0.376 e. The Labute approximate surface area is 180 Å². The molecule has 0 heterocycles. The van der Waals surface area contributed by atoms with Gasteiger partial charge in [0.25, 0.3) is 0 Å². The van der Waals surface area contributed by atoms with Gasteiger partial charge in [0.1, 0.15) is 0 Å². The van der Waals surface area contributed by atoms with Crippen LogP contribution in [0, 0.1) is 17.3 Å². The molecule has 0 aliphatic heterocycles. The second-order valence-electron chi connectivity index (χ2n) is 10.6. The van der Waals surface area contributed by atoms with Crippen LogP contribution in [-0.2, 0) is 5.41 Å². The minimum atomic E-state index is -0.0740. The highest BCUT2D eigenvalue weighted by Crippen LogP contribution is 2.70. The third-order valence-electron chi connectivity index (χ3n) is 8.80. The first-order valence-corrected chi connectivity index (χ1v) is 11.9. The highest BCUT2D eigenvalue weighted by atomic mass is 35.5. The van der Waals surface area contributed by atoms with Crippen molar-refractivity contribution in [3.05, 3.63) is 35.9 Å². The first kappa shape index (κ1) is 19.3. The lowest BCUT2D eigenvalue weighted by atomic mass is 9.40. The summed E-state index contributed by atoms with van der Waals surface area (Å²) in [5.74, 6) is 1.10. The highest BCUT2D eigenvalue weighted by molar-refractivity contribution is 7.80. The fourth-order valence-electron chi connectivity index (χ4n) is 7.26. The van der Waals surface area contributed by atoms with E-state index in [9.17, 15) is 0 Å². The number of hydrogen-bond donors (Lipinski definition) is 2. The number of nitrogens with one attached hydrogen (secondary N) is 1. The molecular weight excluding hydrogens is 384 g/mol. The number of nitrogens with two attached hydrogens (primary N) is 1. The summed E-state index contributed by atoms with van der Waals surface area (Å²) in [6.07, 6.45) is 10.5. The fourth-order valence-corrected chi connectivity index (χ4v) is 7.98. The number of benzene rings is 1. The molecule has 0 aromatic heterocycles. The number of thiocarbonyl (C=S) groups is 1. The van der Waals surface area contributed by atoms with Crippen LogP contribution in [0.15, 0.2) is 30.3 Å². The molecule has 5 saturated carbocycles. The molecule has 1 aromatic rings. The smallest absolute Gasteiger partial charge is 0.0818 e. The fraction of sp³-hybridized carbons (Fsp3) is 0.708. The lowest BCUT2D eigenvalue weighted by Gasteiger charge is -2.67. The lowest BCUT2D eigenvalue weighted by Crippen LogP contribution is -2.66. The summed E-state index contributed by atoms with van der Waals surface area (Å²) in [5, 5.41) is 3.83. The summed E-state index contributed by atoms with van der Waals surface area (Å²) in [6, 6.07) is 12.1. The van der Waals surface area contributed by atoms with Gasteiger partial charge in [-0.15, -0.1) is 11.6 Å². The Hall–Kier alpha value is -0.640. The van der Waals surface area contributed by atoms with Gasteiger partial charge in [-0.25, -0.2) is 0 Å². The van der Waals surface area contributed by atoms with Crippen LogP contribution < -0.4 is 11.1 Å². The van der Waals surface area contributed by atoms with Crippen molar-refractivity contribution in [2.24, 2.45) is 23.0 Å². The molecule has 5 aliphatic carbocycles. The standard InChI is InChI=1S/C24H33ClN2S/c1-22(25)17-11-23(16-5-3-2-4-6-16)12-18(22)14-24(13-17,15-23)21(28)27-20-9-7-19(26)8-10-20/h2-6,17-20H,7-15,26H2,1H3,(H,27,28). The van der Waals surface area contributed by atoms with Gasteiger partial charge >= 0.3 is 0 Å². The quantitative estimate of drug-likeness (QED) is 0.517. The topological polar surface area (TPSA) is 38.0 Å². The first-order chi connectivity index (χ1) is 13.3. The summed E-state index contributed by atoms with van der Waals surface area (Å²) >= 11 is 13.3. The number of alkyl halides is 1. The van der Waals surface area contributed by atoms with Crippen molar-refractivity contribution in [3.63, 3.8) is 0 Å². The molecule has 5 aliphatic rings. The predicted molar refractivity (Wildman–Crippen MR) is 121 cm³/mol. The van der Waals surface area contributed by atoms with Crippen LogP contribution in [0.25, 0.3) is 0 Å². The van der Waals surface area contributed by atoms with Crippen LogP contribution in [0.3, 0.4) is 0 Å². The van der Waals surface area contributed by atoms with Gasteiger partial charge in [0.05, 0.1) is 4.99 Å². The zero-order valence-corrected chi connectivity index (χ0v) is 18.5. The lowest BCUT2D eigenvalue weighted by molar-refractivity contribution is -0.0621. The molecule has 3 N–H and O–H groups in total. The van der Waals surface area contributed by atoms with Gasteiger partial charge < -0.3 is 11.1 Å². The van der Waals surface area contributed by atoms with E-state index in [4.69, 9.17) is 29.6 Å². The molecule has 4 bridgehead atoms. The van der Waals surface area contributed by atoms with Crippen molar-refractivity contribution in [2.75, 3.05) is 0 Å². The molecule has 5 fully saturated rings. The van der Waals surface area contributed by atoms with Crippen LogP contribution in [-0.4, -0.2) is 21.9 Å². The Kier molecular flexibility index (Phi) is 4.61. The molecular formula is C24H33ClN2S. The van der Waals surface area contributed by atoms with Gasteiger partial charge in [0.2, 0.25) is 0 Å². The Morgan fingerprint density at radius 3 is 2.25 bits per heavy atom. The van der Waals surface area contributed by atoms with E-state index >= 15 is 0 Å².